The van der Waals surface area contributed by atoms with Crippen molar-refractivity contribution in [2.24, 2.45) is 0 Å². The molecule has 0 saturated heterocycles. The van der Waals surface area contributed by atoms with Crippen LogP contribution in [0.15, 0.2) is 65.1 Å². The smallest absolute Gasteiger partial charge is 0.254 e. The number of hydrogen-bond donors (Lipinski definition) is 0. The van der Waals surface area contributed by atoms with E-state index < -0.39 is 0 Å². The van der Waals surface area contributed by atoms with Gasteiger partial charge in [-0.15, -0.1) is 0 Å². The van der Waals surface area contributed by atoms with Crippen molar-refractivity contribution < 1.29 is 23.5 Å². The second-order valence-corrected chi connectivity index (χ2v) is 8.48. The number of amides is 2. The molecule has 0 atom stereocenters. The molecule has 3 aromatic rings. The highest BCUT2D eigenvalue weighted by Crippen LogP contribution is 2.32. The first-order chi connectivity index (χ1) is 16.5. The molecule has 0 N–H and O–H groups in total. The zero-order chi connectivity index (χ0) is 24.1. The molecule has 1 saturated carbocycles. The highest BCUT2D eigenvalue weighted by molar-refractivity contribution is 5.97. The van der Waals surface area contributed by atoms with Gasteiger partial charge in [-0.2, -0.15) is 0 Å². The summed E-state index contributed by atoms with van der Waals surface area (Å²) in [5, 5.41) is 0. The van der Waals surface area contributed by atoms with E-state index in [1.165, 1.54) is 7.11 Å². The van der Waals surface area contributed by atoms with Crippen molar-refractivity contribution in [3.8, 4) is 11.5 Å². The Morgan fingerprint density at radius 1 is 0.941 bits per heavy atom. The predicted octanol–water partition coefficient (Wildman–Crippen LogP) is 4.44. The quantitative estimate of drug-likeness (QED) is 0.446. The Hall–Kier alpha value is -3.74. The predicted molar refractivity (Wildman–Crippen MR) is 128 cm³/mol. The first-order valence-electron chi connectivity index (χ1n) is 11.4. The molecule has 7 heteroatoms. The molecule has 4 rings (SSSR count). The van der Waals surface area contributed by atoms with E-state index in [1.54, 1.807) is 35.1 Å². The number of carbonyl (C=O) groups excluding carboxylic acids is 2. The molecule has 2 amide bonds. The molecule has 1 aliphatic rings. The first-order valence-corrected chi connectivity index (χ1v) is 11.4. The summed E-state index contributed by atoms with van der Waals surface area (Å²) in [7, 11) is 3.09. The number of carbonyl (C=O) groups is 2. The van der Waals surface area contributed by atoms with Crippen LogP contribution in [0.4, 0.5) is 0 Å². The molecule has 1 fully saturated rings. The number of rotatable bonds is 10. The molecule has 1 heterocycles. The Morgan fingerprint density at radius 3 is 2.29 bits per heavy atom. The Labute approximate surface area is 199 Å². The van der Waals surface area contributed by atoms with Gasteiger partial charge >= 0.3 is 0 Å². The lowest BCUT2D eigenvalue weighted by Gasteiger charge is -2.27. The van der Waals surface area contributed by atoms with Gasteiger partial charge in [0.25, 0.3) is 5.91 Å². The third-order valence-electron chi connectivity index (χ3n) is 5.90. The van der Waals surface area contributed by atoms with Gasteiger partial charge in [0.2, 0.25) is 5.91 Å². The van der Waals surface area contributed by atoms with Crippen LogP contribution >= 0.6 is 0 Å². The van der Waals surface area contributed by atoms with E-state index in [0.717, 1.165) is 24.2 Å². The van der Waals surface area contributed by atoms with Crippen LogP contribution in [0.1, 0.15) is 40.3 Å². The summed E-state index contributed by atoms with van der Waals surface area (Å²) in [6.45, 7) is 2.65. The van der Waals surface area contributed by atoms with E-state index in [2.05, 4.69) is 0 Å². The fourth-order valence-corrected chi connectivity index (χ4v) is 3.93. The SMILES string of the molecule is COc1ccc(C(=O)N(CC(=O)N(Cc2ccccc2)Cc2ccc(C)o2)C2CC2)cc1OC. The lowest BCUT2D eigenvalue weighted by atomic mass is 10.1. The van der Waals surface area contributed by atoms with E-state index in [-0.39, 0.29) is 24.4 Å². The van der Waals surface area contributed by atoms with Crippen LogP contribution in [0, 0.1) is 6.92 Å². The zero-order valence-electron chi connectivity index (χ0n) is 19.8. The zero-order valence-corrected chi connectivity index (χ0v) is 19.8. The molecule has 0 spiro atoms. The van der Waals surface area contributed by atoms with Crippen molar-refractivity contribution >= 4 is 11.8 Å². The number of methoxy groups -OCH3 is 2. The molecule has 7 nitrogen and oxygen atoms in total. The first kappa shape index (κ1) is 23.4. The van der Waals surface area contributed by atoms with Gasteiger partial charge in [0.1, 0.15) is 18.1 Å². The van der Waals surface area contributed by atoms with Crippen molar-refractivity contribution in [2.75, 3.05) is 20.8 Å². The minimum Gasteiger partial charge on any atom is -0.493 e. The van der Waals surface area contributed by atoms with E-state index in [0.29, 0.717) is 35.9 Å². The van der Waals surface area contributed by atoms with Gasteiger partial charge in [-0.25, -0.2) is 0 Å². The number of hydrogen-bond acceptors (Lipinski definition) is 5. The van der Waals surface area contributed by atoms with Gasteiger partial charge in [0.05, 0.1) is 20.8 Å². The average Bonchev–Trinajstić information content (AvgIpc) is 3.62. The summed E-state index contributed by atoms with van der Waals surface area (Å²) in [6, 6.07) is 18.7. The van der Waals surface area contributed by atoms with E-state index in [4.69, 9.17) is 13.9 Å². The van der Waals surface area contributed by atoms with Gasteiger partial charge in [-0.1, -0.05) is 30.3 Å². The molecule has 34 heavy (non-hydrogen) atoms. The lowest BCUT2D eigenvalue weighted by molar-refractivity contribution is -0.133. The lowest BCUT2D eigenvalue weighted by Crippen LogP contribution is -2.43. The van der Waals surface area contributed by atoms with Crippen LogP contribution in [0.3, 0.4) is 0 Å². The van der Waals surface area contributed by atoms with Crippen LogP contribution in [0.2, 0.25) is 0 Å². The van der Waals surface area contributed by atoms with Crippen molar-refractivity contribution in [2.45, 2.75) is 38.9 Å². The van der Waals surface area contributed by atoms with Gasteiger partial charge < -0.3 is 23.7 Å². The van der Waals surface area contributed by atoms with Crippen molar-refractivity contribution in [3.05, 3.63) is 83.3 Å². The maximum atomic E-state index is 13.5. The maximum absolute atomic E-state index is 13.5. The molecule has 0 unspecified atom stereocenters. The summed E-state index contributed by atoms with van der Waals surface area (Å²) in [4.78, 5) is 30.3. The Kier molecular flexibility index (Phi) is 7.21. The minimum absolute atomic E-state index is 0.00433. The number of ether oxygens (including phenoxy) is 2. The minimum atomic E-state index is -0.190. The van der Waals surface area contributed by atoms with Gasteiger partial charge in [-0.05, 0) is 55.7 Å². The summed E-state index contributed by atoms with van der Waals surface area (Å²) in [6.07, 6.45) is 1.78. The van der Waals surface area contributed by atoms with Gasteiger partial charge in [-0.3, -0.25) is 9.59 Å². The van der Waals surface area contributed by atoms with Crippen LogP contribution in [0.5, 0.6) is 11.5 Å². The molecule has 1 aromatic heterocycles. The van der Waals surface area contributed by atoms with Crippen LogP contribution in [-0.2, 0) is 17.9 Å². The molecular weight excluding hydrogens is 432 g/mol. The second-order valence-electron chi connectivity index (χ2n) is 8.48. The van der Waals surface area contributed by atoms with E-state index >= 15 is 0 Å². The molecule has 2 aromatic carbocycles. The fourth-order valence-electron chi connectivity index (χ4n) is 3.93. The summed E-state index contributed by atoms with van der Waals surface area (Å²) in [5.74, 6) is 2.23. The monoisotopic (exact) mass is 462 g/mol. The fraction of sp³-hybridized carbons (Fsp3) is 0.333. The molecule has 0 aliphatic heterocycles. The number of furan rings is 1. The van der Waals surface area contributed by atoms with E-state index in [9.17, 15) is 9.59 Å². The Morgan fingerprint density at radius 2 is 1.68 bits per heavy atom. The van der Waals surface area contributed by atoms with Gasteiger partial charge in [0, 0.05) is 18.2 Å². The third-order valence-corrected chi connectivity index (χ3v) is 5.90. The molecule has 0 radical (unpaired) electrons. The third kappa shape index (κ3) is 5.60. The Balaban J connectivity index is 1.54. The summed E-state index contributed by atoms with van der Waals surface area (Å²) >= 11 is 0. The van der Waals surface area contributed by atoms with Crippen LogP contribution in [-0.4, -0.2) is 48.4 Å². The average molecular weight is 463 g/mol. The number of nitrogens with zero attached hydrogens (tertiary/aromatic N) is 2. The van der Waals surface area contributed by atoms with Crippen LogP contribution in [0.25, 0.3) is 0 Å². The molecule has 0 bridgehead atoms. The largest absolute Gasteiger partial charge is 0.493 e. The summed E-state index contributed by atoms with van der Waals surface area (Å²) in [5.41, 5.74) is 1.48. The molecule has 1 aliphatic carbocycles. The summed E-state index contributed by atoms with van der Waals surface area (Å²) < 4.78 is 16.4. The van der Waals surface area contributed by atoms with Crippen molar-refractivity contribution in [1.29, 1.82) is 0 Å². The topological polar surface area (TPSA) is 72.2 Å². The van der Waals surface area contributed by atoms with Crippen molar-refractivity contribution in [1.82, 2.24) is 9.80 Å². The number of benzene rings is 2. The Bertz CT molecular complexity index is 1140. The standard InChI is InChI=1S/C27H30N2O5/c1-19-9-13-23(34-19)17-28(16-20-7-5-4-6-8-20)26(30)18-29(22-11-12-22)27(31)21-10-14-24(32-2)25(15-21)33-3/h4-10,13-15,22H,11-12,16-18H2,1-3H3. The normalized spacial score (nSPS) is 12.8. The van der Waals surface area contributed by atoms with Gasteiger partial charge in [0.15, 0.2) is 11.5 Å². The highest BCUT2D eigenvalue weighted by atomic mass is 16.5. The highest BCUT2D eigenvalue weighted by Gasteiger charge is 2.35. The van der Waals surface area contributed by atoms with Crippen LogP contribution < -0.4 is 9.47 Å². The number of aryl methyl sites for hydroxylation is 1. The molecule has 178 valence electrons. The maximum Gasteiger partial charge on any atom is 0.254 e. The van der Waals surface area contributed by atoms with Crippen molar-refractivity contribution in [3.63, 3.8) is 0 Å². The van der Waals surface area contributed by atoms with E-state index in [1.807, 2.05) is 49.4 Å². The molecular formula is C27H30N2O5. The second kappa shape index (κ2) is 10.5.